The number of aromatic nitrogens is 2. The second kappa shape index (κ2) is 30.5. The number of hydrogen-bond acceptors (Lipinski definition) is 7. The minimum absolute atomic E-state index is 0.256. The topological polar surface area (TPSA) is 100 Å². The molecule has 0 aliphatic carbocycles. The number of carboxylic acids is 1. The van der Waals surface area contributed by atoms with Gasteiger partial charge in [-0.1, -0.05) is 103 Å². The molecule has 0 saturated carbocycles. The molecule has 0 bridgehead atoms. The van der Waals surface area contributed by atoms with Gasteiger partial charge in [0.05, 0.1) is 53.7 Å². The zero-order valence-electron chi connectivity index (χ0n) is 29.9. The van der Waals surface area contributed by atoms with Gasteiger partial charge in [-0.25, -0.2) is 9.97 Å². The maximum atomic E-state index is 10.6. The van der Waals surface area contributed by atoms with E-state index in [2.05, 4.69) is 31.0 Å². The van der Waals surface area contributed by atoms with Crippen molar-refractivity contribution < 1.29 is 33.3 Å². The second-order valence-electron chi connectivity index (χ2n) is 13.4. The molecule has 0 aliphatic heterocycles. The lowest BCUT2D eigenvalue weighted by Crippen LogP contribution is -2.43. The fourth-order valence-corrected chi connectivity index (χ4v) is 5.43. The molecule has 1 aromatic heterocycles. The first-order valence-corrected chi connectivity index (χ1v) is 18.6. The molecule has 1 heterocycles. The van der Waals surface area contributed by atoms with Crippen LogP contribution in [0.4, 0.5) is 0 Å². The Morgan fingerprint density at radius 1 is 0.652 bits per heavy atom. The van der Waals surface area contributed by atoms with Crippen LogP contribution >= 0.6 is 0 Å². The summed E-state index contributed by atoms with van der Waals surface area (Å²) in [6.07, 6.45) is 27.8. The number of hydrogen-bond donors (Lipinski definition) is 1. The Kier molecular flexibility index (Phi) is 28.0. The number of aliphatic carboxylic acids is 1. The van der Waals surface area contributed by atoms with Crippen molar-refractivity contribution >= 4 is 5.97 Å². The van der Waals surface area contributed by atoms with Gasteiger partial charge in [-0.3, -0.25) is 4.79 Å². The van der Waals surface area contributed by atoms with Gasteiger partial charge in [0.25, 0.3) is 0 Å². The van der Waals surface area contributed by atoms with Crippen molar-refractivity contribution in [3.8, 4) is 6.01 Å². The largest absolute Gasteiger partial charge is 0.481 e. The maximum Gasteiger partial charge on any atom is 0.316 e. The molecule has 1 N–H and O–H groups in total. The molecule has 0 fully saturated rings. The lowest BCUT2D eigenvalue weighted by molar-refractivity contribution is -0.891. The number of likely N-dealkylation sites (N-methyl/N-ethyl adjacent to an activating group) is 1. The van der Waals surface area contributed by atoms with Gasteiger partial charge < -0.3 is 28.5 Å². The van der Waals surface area contributed by atoms with Crippen LogP contribution in [0.5, 0.6) is 6.01 Å². The van der Waals surface area contributed by atoms with Gasteiger partial charge in [0.2, 0.25) is 0 Å². The summed E-state index contributed by atoms with van der Waals surface area (Å²) in [7, 11) is 4.37. The molecule has 0 amide bonds. The van der Waals surface area contributed by atoms with E-state index < -0.39 is 5.97 Å². The first-order valence-electron chi connectivity index (χ1n) is 18.6. The molecule has 0 radical (unpaired) electrons. The van der Waals surface area contributed by atoms with Crippen LogP contribution in [0.1, 0.15) is 135 Å². The molecule has 0 spiro atoms. The third kappa shape index (κ3) is 28.4. The van der Waals surface area contributed by atoms with E-state index in [0.717, 1.165) is 49.9 Å². The zero-order valence-corrected chi connectivity index (χ0v) is 29.9. The van der Waals surface area contributed by atoms with Crippen LogP contribution in [0.25, 0.3) is 0 Å². The molecule has 9 nitrogen and oxygen atoms in total. The van der Waals surface area contributed by atoms with Crippen LogP contribution in [-0.4, -0.2) is 98.5 Å². The van der Waals surface area contributed by atoms with Crippen molar-refractivity contribution in [2.45, 2.75) is 141 Å². The van der Waals surface area contributed by atoms with Crippen molar-refractivity contribution in [1.82, 2.24) is 9.97 Å². The van der Waals surface area contributed by atoms with Crippen LogP contribution < -0.4 is 4.74 Å². The van der Waals surface area contributed by atoms with E-state index in [1.165, 1.54) is 96.3 Å². The summed E-state index contributed by atoms with van der Waals surface area (Å²) in [6.45, 7) is 7.42. The summed E-state index contributed by atoms with van der Waals surface area (Å²) < 4.78 is 24.4. The molecule has 268 valence electrons. The van der Waals surface area contributed by atoms with Crippen LogP contribution in [0.3, 0.4) is 0 Å². The average molecular weight is 653 g/mol. The number of ether oxygens (including phenoxy) is 4. The summed E-state index contributed by atoms with van der Waals surface area (Å²) >= 11 is 0. The molecule has 0 aromatic carbocycles. The summed E-state index contributed by atoms with van der Waals surface area (Å²) in [5.74, 6) is -0.714. The predicted octanol–water partition coefficient (Wildman–Crippen LogP) is 8.26. The summed E-state index contributed by atoms with van der Waals surface area (Å²) in [5.41, 5.74) is 0. The Bertz CT molecular complexity index is 799. The van der Waals surface area contributed by atoms with Gasteiger partial charge in [0.15, 0.2) is 0 Å². The van der Waals surface area contributed by atoms with Crippen molar-refractivity contribution in [3.63, 3.8) is 0 Å². The van der Waals surface area contributed by atoms with Crippen molar-refractivity contribution in [2.24, 2.45) is 0 Å². The molecule has 46 heavy (non-hydrogen) atoms. The van der Waals surface area contributed by atoms with Crippen molar-refractivity contribution in [1.29, 1.82) is 0 Å². The maximum absolute atomic E-state index is 10.6. The van der Waals surface area contributed by atoms with E-state index in [4.69, 9.17) is 24.1 Å². The molecular weight excluding hydrogens is 582 g/mol. The molecule has 1 atom stereocenters. The Hall–Kier alpha value is -1.81. The van der Waals surface area contributed by atoms with E-state index in [1.807, 2.05) is 0 Å². The number of rotatable bonds is 35. The van der Waals surface area contributed by atoms with Crippen LogP contribution in [0, 0.1) is 0 Å². The van der Waals surface area contributed by atoms with Crippen LogP contribution in [0.2, 0.25) is 0 Å². The lowest BCUT2D eigenvalue weighted by atomic mass is 10.0. The Balaban J connectivity index is 2.06. The molecule has 0 aliphatic rings. The SMILES string of the molecule is CCCCCCCCCCCCCCCCCCOCC(COCCOCC[N+](C)(C)CCCCCC(=O)O)Oc1ncccn1. The summed E-state index contributed by atoms with van der Waals surface area (Å²) in [6, 6.07) is 2.10. The third-order valence-electron chi connectivity index (χ3n) is 8.43. The van der Waals surface area contributed by atoms with E-state index >= 15 is 0 Å². The molecule has 0 saturated heterocycles. The Morgan fingerprint density at radius 3 is 1.72 bits per heavy atom. The monoisotopic (exact) mass is 653 g/mol. The molecule has 1 unspecified atom stereocenters. The highest BCUT2D eigenvalue weighted by Crippen LogP contribution is 2.14. The zero-order chi connectivity index (χ0) is 33.4. The number of unbranched alkanes of at least 4 members (excludes halogenated alkanes) is 17. The van der Waals surface area contributed by atoms with Gasteiger partial charge in [-0.15, -0.1) is 0 Å². The van der Waals surface area contributed by atoms with Crippen molar-refractivity contribution in [2.75, 3.05) is 66.8 Å². The fraction of sp³-hybridized carbons (Fsp3) is 0.865. The van der Waals surface area contributed by atoms with Crippen LogP contribution in [-0.2, 0) is 19.0 Å². The van der Waals surface area contributed by atoms with E-state index in [9.17, 15) is 4.79 Å². The Morgan fingerprint density at radius 2 is 1.15 bits per heavy atom. The van der Waals surface area contributed by atoms with Gasteiger partial charge in [0.1, 0.15) is 12.6 Å². The smallest absolute Gasteiger partial charge is 0.316 e. The van der Waals surface area contributed by atoms with Gasteiger partial charge in [0, 0.05) is 25.4 Å². The minimum Gasteiger partial charge on any atom is -0.481 e. The minimum atomic E-state index is -0.714. The average Bonchev–Trinajstić information content (AvgIpc) is 3.03. The first-order chi connectivity index (χ1) is 22.4. The Labute approximate surface area is 281 Å². The van der Waals surface area contributed by atoms with Gasteiger partial charge in [-0.05, 0) is 31.7 Å². The second-order valence-corrected chi connectivity index (χ2v) is 13.4. The lowest BCUT2D eigenvalue weighted by Gasteiger charge is -2.29. The number of nitrogens with zero attached hydrogens (tertiary/aromatic N) is 3. The summed E-state index contributed by atoms with van der Waals surface area (Å²) in [5, 5.41) is 8.76. The van der Waals surface area contributed by atoms with E-state index in [1.54, 1.807) is 18.5 Å². The van der Waals surface area contributed by atoms with Crippen LogP contribution in [0.15, 0.2) is 18.5 Å². The van der Waals surface area contributed by atoms with E-state index in [-0.39, 0.29) is 12.5 Å². The molecule has 9 heteroatoms. The number of carboxylic acid groups (broad SMARTS) is 1. The standard InChI is InChI=1S/C37H69N3O6/c1-4-5-6-7-8-9-10-11-12-13-14-15-16-17-18-22-29-44-33-35(46-37-38-25-23-26-39-37)34-45-32-31-43-30-28-40(2,3)27-21-19-20-24-36(41)42/h23,25-26,35H,4-22,24,27-34H2,1-3H3/p+1. The molecule has 1 aromatic rings. The van der Waals surface area contributed by atoms with E-state index in [0.29, 0.717) is 39.0 Å². The number of carbonyl (C=O) groups is 1. The van der Waals surface area contributed by atoms with Gasteiger partial charge >= 0.3 is 12.0 Å². The third-order valence-corrected chi connectivity index (χ3v) is 8.43. The quantitative estimate of drug-likeness (QED) is 0.0578. The van der Waals surface area contributed by atoms with Crippen molar-refractivity contribution in [3.05, 3.63) is 18.5 Å². The fourth-order valence-electron chi connectivity index (χ4n) is 5.43. The number of quaternary nitrogens is 1. The predicted molar refractivity (Wildman–Crippen MR) is 186 cm³/mol. The highest BCUT2D eigenvalue weighted by atomic mass is 16.6. The molecule has 1 rings (SSSR count). The van der Waals surface area contributed by atoms with Gasteiger partial charge in [-0.2, -0.15) is 0 Å². The normalized spacial score (nSPS) is 12.4. The summed E-state index contributed by atoms with van der Waals surface area (Å²) in [4.78, 5) is 19.0. The molecular formula is C37H70N3O6+. The highest BCUT2D eigenvalue weighted by Gasteiger charge is 2.15. The first kappa shape index (κ1) is 42.2. The highest BCUT2D eigenvalue weighted by molar-refractivity contribution is 5.66.